The van der Waals surface area contributed by atoms with Crippen molar-refractivity contribution in [1.82, 2.24) is 0 Å². The lowest BCUT2D eigenvalue weighted by molar-refractivity contribution is -0.508. The number of allylic oxidation sites excluding steroid dienone is 2. The minimum atomic E-state index is -0.662. The maximum atomic E-state index is 11.2. The summed E-state index contributed by atoms with van der Waals surface area (Å²) in [5.74, 6) is 0.998. The molecule has 0 aromatic carbocycles. The van der Waals surface area contributed by atoms with Gasteiger partial charge in [0.25, 0.3) is 0 Å². The zero-order valence-electron chi connectivity index (χ0n) is 13.3. The highest BCUT2D eigenvalue weighted by Gasteiger charge is 2.60. The maximum Gasteiger partial charge on any atom is 0.303 e. The second-order valence-electron chi connectivity index (χ2n) is 7.23. The van der Waals surface area contributed by atoms with Crippen LogP contribution in [0.15, 0.2) is 12.2 Å². The minimum absolute atomic E-state index is 0.0420. The van der Waals surface area contributed by atoms with Gasteiger partial charge in [-0.15, -0.1) is 0 Å². The fourth-order valence-electron chi connectivity index (χ4n) is 4.58. The highest BCUT2D eigenvalue weighted by Crippen LogP contribution is 2.62. The van der Waals surface area contributed by atoms with Gasteiger partial charge in [-0.25, -0.2) is 0 Å². The molecule has 0 spiro atoms. The van der Waals surface area contributed by atoms with E-state index in [2.05, 4.69) is 19.1 Å². The van der Waals surface area contributed by atoms with Crippen molar-refractivity contribution in [1.29, 1.82) is 0 Å². The Morgan fingerprint density at radius 3 is 2.67 bits per heavy atom. The number of nitrogens with zero attached hydrogens (tertiary/aromatic N) is 1. The van der Waals surface area contributed by atoms with Crippen LogP contribution in [-0.4, -0.2) is 23.0 Å². The molecule has 1 saturated carbocycles. The fourth-order valence-corrected chi connectivity index (χ4v) is 4.58. The molecule has 0 saturated heterocycles. The molecule has 2 aliphatic rings. The summed E-state index contributed by atoms with van der Waals surface area (Å²) >= 11 is 0. The van der Waals surface area contributed by atoms with Crippen molar-refractivity contribution in [3.8, 4) is 0 Å². The SMILES string of the molecule is CCC1C=C[C@@H]2[C@H]1C[C@]2(C[N+](=O)[O-])CC(C)(C)OC(C)=O. The smallest absolute Gasteiger partial charge is 0.303 e. The van der Waals surface area contributed by atoms with Gasteiger partial charge < -0.3 is 4.74 Å². The molecule has 0 aromatic heterocycles. The second kappa shape index (κ2) is 5.43. The normalized spacial score (nSPS) is 34.2. The van der Waals surface area contributed by atoms with Gasteiger partial charge in [-0.2, -0.15) is 0 Å². The molecule has 5 heteroatoms. The molecule has 5 nitrogen and oxygen atoms in total. The first-order valence-electron chi connectivity index (χ1n) is 7.69. The van der Waals surface area contributed by atoms with Gasteiger partial charge in [0, 0.05) is 17.3 Å². The van der Waals surface area contributed by atoms with Crippen LogP contribution in [0.2, 0.25) is 0 Å². The van der Waals surface area contributed by atoms with Crippen molar-refractivity contribution in [2.45, 2.75) is 52.6 Å². The summed E-state index contributed by atoms with van der Waals surface area (Å²) in [6.45, 7) is 7.19. The number of esters is 1. The van der Waals surface area contributed by atoms with Crippen LogP contribution >= 0.6 is 0 Å². The first kappa shape index (κ1) is 16.0. The zero-order valence-corrected chi connectivity index (χ0v) is 13.3. The van der Waals surface area contributed by atoms with E-state index in [4.69, 9.17) is 4.74 Å². The summed E-state index contributed by atoms with van der Waals surface area (Å²) in [6.07, 6.45) is 6.86. The number of rotatable bonds is 6. The quantitative estimate of drug-likeness (QED) is 0.326. The summed E-state index contributed by atoms with van der Waals surface area (Å²) in [5.41, 5.74) is -1.03. The molecular formula is C16H25NO4. The van der Waals surface area contributed by atoms with Gasteiger partial charge in [0.2, 0.25) is 6.54 Å². The molecule has 0 heterocycles. The Kier molecular flexibility index (Phi) is 4.13. The second-order valence-corrected chi connectivity index (χ2v) is 7.23. The molecule has 0 bridgehead atoms. The van der Waals surface area contributed by atoms with E-state index in [1.807, 2.05) is 13.8 Å². The van der Waals surface area contributed by atoms with Crippen LogP contribution in [0.3, 0.4) is 0 Å². The van der Waals surface area contributed by atoms with E-state index in [-0.39, 0.29) is 28.8 Å². The van der Waals surface area contributed by atoms with E-state index in [1.54, 1.807) is 0 Å². The van der Waals surface area contributed by atoms with Crippen molar-refractivity contribution in [3.05, 3.63) is 22.3 Å². The Labute approximate surface area is 125 Å². The summed E-state index contributed by atoms with van der Waals surface area (Å²) in [6, 6.07) is 0. The van der Waals surface area contributed by atoms with Gasteiger partial charge in [-0.05, 0) is 50.9 Å². The van der Waals surface area contributed by atoms with Crippen LogP contribution in [0, 0.1) is 33.3 Å². The molecule has 118 valence electrons. The number of carbonyl (C=O) groups excluding carboxylic acids is 1. The van der Waals surface area contributed by atoms with E-state index in [9.17, 15) is 14.9 Å². The topological polar surface area (TPSA) is 69.4 Å². The third-order valence-corrected chi connectivity index (χ3v) is 5.04. The van der Waals surface area contributed by atoms with Crippen molar-refractivity contribution in [3.63, 3.8) is 0 Å². The molecule has 1 fully saturated rings. The first-order chi connectivity index (χ1) is 9.69. The van der Waals surface area contributed by atoms with E-state index in [0.29, 0.717) is 18.3 Å². The standard InChI is InChI=1S/C16H25NO4/c1-5-12-6-7-14-13(12)8-16(14,10-17(19)20)9-15(3,4)21-11(2)18/h6-7,12-14H,5,8-10H2,1-4H3/t12?,13-,14+,16+/m0/s1. The predicted octanol–water partition coefficient (Wildman–Crippen LogP) is 3.21. The van der Waals surface area contributed by atoms with E-state index >= 15 is 0 Å². The first-order valence-corrected chi connectivity index (χ1v) is 7.69. The maximum absolute atomic E-state index is 11.2. The lowest BCUT2D eigenvalue weighted by Crippen LogP contribution is -2.54. The zero-order chi connectivity index (χ0) is 15.8. The van der Waals surface area contributed by atoms with Crippen LogP contribution in [-0.2, 0) is 9.53 Å². The van der Waals surface area contributed by atoms with Gasteiger partial charge in [-0.3, -0.25) is 14.9 Å². The number of hydrogen-bond donors (Lipinski definition) is 0. The molecule has 0 amide bonds. The highest BCUT2D eigenvalue weighted by molar-refractivity contribution is 5.66. The Morgan fingerprint density at radius 1 is 1.48 bits per heavy atom. The molecule has 4 atom stereocenters. The van der Waals surface area contributed by atoms with Crippen molar-refractivity contribution in [2.24, 2.45) is 23.2 Å². The van der Waals surface area contributed by atoms with Gasteiger partial charge in [0.15, 0.2) is 0 Å². The van der Waals surface area contributed by atoms with E-state index < -0.39 is 5.60 Å². The highest BCUT2D eigenvalue weighted by atomic mass is 16.6. The largest absolute Gasteiger partial charge is 0.460 e. The molecule has 0 radical (unpaired) electrons. The van der Waals surface area contributed by atoms with Crippen molar-refractivity contribution >= 4 is 5.97 Å². The summed E-state index contributed by atoms with van der Waals surface area (Å²) in [7, 11) is 0. The van der Waals surface area contributed by atoms with Gasteiger partial charge in [0.05, 0.1) is 0 Å². The van der Waals surface area contributed by atoms with E-state index in [1.165, 1.54) is 6.92 Å². The summed E-state index contributed by atoms with van der Waals surface area (Å²) in [4.78, 5) is 22.1. The number of fused-ring (bicyclic) bond motifs is 1. The molecule has 0 aromatic rings. The third kappa shape index (κ3) is 3.11. The van der Waals surface area contributed by atoms with Crippen molar-refractivity contribution < 1.29 is 14.5 Å². The molecule has 0 N–H and O–H groups in total. The molecule has 2 rings (SSSR count). The van der Waals surface area contributed by atoms with Crippen LogP contribution < -0.4 is 0 Å². The Morgan fingerprint density at radius 2 is 2.14 bits per heavy atom. The number of ether oxygens (including phenoxy) is 1. The summed E-state index contributed by atoms with van der Waals surface area (Å²) < 4.78 is 5.37. The molecule has 0 aliphatic heterocycles. The average Bonchev–Trinajstić information content (AvgIpc) is 2.63. The van der Waals surface area contributed by atoms with Crippen LogP contribution in [0.5, 0.6) is 0 Å². The number of hydrogen-bond acceptors (Lipinski definition) is 4. The number of carbonyl (C=O) groups is 1. The molecular weight excluding hydrogens is 270 g/mol. The molecule has 1 unspecified atom stereocenters. The lowest BCUT2D eigenvalue weighted by Gasteiger charge is -2.53. The monoisotopic (exact) mass is 295 g/mol. The minimum Gasteiger partial charge on any atom is -0.460 e. The molecule has 2 aliphatic carbocycles. The summed E-state index contributed by atoms with van der Waals surface area (Å²) in [5, 5.41) is 11.1. The Bertz CT molecular complexity index is 471. The van der Waals surface area contributed by atoms with Gasteiger partial charge >= 0.3 is 5.97 Å². The Balaban J connectivity index is 2.16. The molecule has 21 heavy (non-hydrogen) atoms. The fraction of sp³-hybridized carbons (Fsp3) is 0.812. The number of nitro groups is 1. The average molecular weight is 295 g/mol. The predicted molar refractivity (Wildman–Crippen MR) is 79.3 cm³/mol. The van der Waals surface area contributed by atoms with Gasteiger partial charge in [0.1, 0.15) is 5.60 Å². The van der Waals surface area contributed by atoms with Crippen LogP contribution in [0.1, 0.15) is 47.0 Å². The third-order valence-electron chi connectivity index (χ3n) is 5.04. The van der Waals surface area contributed by atoms with Crippen LogP contribution in [0.25, 0.3) is 0 Å². The van der Waals surface area contributed by atoms with Crippen molar-refractivity contribution in [2.75, 3.05) is 6.54 Å². The lowest BCUT2D eigenvalue weighted by atomic mass is 9.50. The Hall–Kier alpha value is -1.39. The van der Waals surface area contributed by atoms with Crippen LogP contribution in [0.4, 0.5) is 0 Å². The van der Waals surface area contributed by atoms with E-state index in [0.717, 1.165) is 12.8 Å². The van der Waals surface area contributed by atoms with Gasteiger partial charge in [-0.1, -0.05) is 19.1 Å².